The van der Waals surface area contributed by atoms with Crippen LogP contribution in [0, 0.1) is 6.92 Å². The number of halogens is 1. The van der Waals surface area contributed by atoms with Crippen LogP contribution in [0.2, 0.25) is 5.02 Å². The highest BCUT2D eigenvalue weighted by Crippen LogP contribution is 2.18. The van der Waals surface area contributed by atoms with Crippen LogP contribution in [-0.2, 0) is 0 Å². The van der Waals surface area contributed by atoms with Gasteiger partial charge in [0.2, 0.25) is 0 Å². The Morgan fingerprint density at radius 1 is 1.69 bits per heavy atom. The van der Waals surface area contributed by atoms with E-state index < -0.39 is 0 Å². The van der Waals surface area contributed by atoms with Gasteiger partial charge < -0.3 is 5.73 Å². The minimum absolute atomic E-state index is 0.288. The van der Waals surface area contributed by atoms with E-state index in [1.54, 1.807) is 0 Å². The van der Waals surface area contributed by atoms with Crippen LogP contribution >= 0.6 is 11.6 Å². The van der Waals surface area contributed by atoms with E-state index in [1.807, 2.05) is 17.8 Å². The third-order valence-corrected chi connectivity index (χ3v) is 2.50. The van der Waals surface area contributed by atoms with Crippen LogP contribution in [0.4, 0.5) is 0 Å². The first-order chi connectivity index (χ1) is 6.19. The average Bonchev–Trinajstić information content (AvgIpc) is 2.43. The van der Waals surface area contributed by atoms with Crippen molar-refractivity contribution in [1.82, 2.24) is 9.78 Å². The monoisotopic (exact) mass is 201 g/mol. The molecule has 0 saturated heterocycles. The molecule has 3 nitrogen and oxygen atoms in total. The molecule has 0 saturated carbocycles. The van der Waals surface area contributed by atoms with Crippen molar-refractivity contribution >= 4 is 11.6 Å². The minimum Gasteiger partial charge on any atom is -0.328 e. The maximum absolute atomic E-state index is 5.91. The quantitative estimate of drug-likeness (QED) is 0.812. The van der Waals surface area contributed by atoms with E-state index >= 15 is 0 Å². The molecule has 1 aromatic heterocycles. The van der Waals surface area contributed by atoms with E-state index in [0.717, 1.165) is 23.6 Å². The topological polar surface area (TPSA) is 43.8 Å². The van der Waals surface area contributed by atoms with Crippen molar-refractivity contribution in [1.29, 1.82) is 0 Å². The summed E-state index contributed by atoms with van der Waals surface area (Å²) in [5.74, 6) is 0. The van der Waals surface area contributed by atoms with E-state index in [-0.39, 0.29) is 6.04 Å². The van der Waals surface area contributed by atoms with Crippen LogP contribution < -0.4 is 5.73 Å². The molecule has 0 aromatic carbocycles. The number of nitrogens with zero attached hydrogens (tertiary/aromatic N) is 2. The summed E-state index contributed by atoms with van der Waals surface area (Å²) in [6.07, 6.45) is 4.01. The van der Waals surface area contributed by atoms with Gasteiger partial charge in [0.15, 0.2) is 0 Å². The lowest BCUT2D eigenvalue weighted by Gasteiger charge is -2.13. The van der Waals surface area contributed by atoms with Crippen molar-refractivity contribution < 1.29 is 0 Å². The molecule has 4 heteroatoms. The molecule has 0 spiro atoms. The van der Waals surface area contributed by atoms with Gasteiger partial charge in [-0.15, -0.1) is 0 Å². The third-order valence-electron chi connectivity index (χ3n) is 2.12. The fraction of sp³-hybridized carbons (Fsp3) is 0.667. The van der Waals surface area contributed by atoms with Crippen LogP contribution in [0.25, 0.3) is 0 Å². The second-order valence-corrected chi connectivity index (χ2v) is 3.63. The Bertz CT molecular complexity index is 250. The summed E-state index contributed by atoms with van der Waals surface area (Å²) in [4.78, 5) is 0. The molecule has 0 bridgehead atoms. The molecule has 1 rings (SSSR count). The van der Waals surface area contributed by atoms with Gasteiger partial charge in [0.1, 0.15) is 0 Å². The molecule has 1 atom stereocenters. The van der Waals surface area contributed by atoms with Crippen LogP contribution in [0.3, 0.4) is 0 Å². The molecular formula is C9H16ClN3. The lowest BCUT2D eigenvalue weighted by molar-refractivity contribution is 0.427. The number of aromatic nitrogens is 2. The minimum atomic E-state index is 0.288. The van der Waals surface area contributed by atoms with E-state index in [9.17, 15) is 0 Å². The molecule has 74 valence electrons. The van der Waals surface area contributed by atoms with Crippen molar-refractivity contribution in [3.8, 4) is 0 Å². The Balaban J connectivity index is 2.78. The first-order valence-corrected chi connectivity index (χ1v) is 4.98. The molecule has 1 heterocycles. The molecule has 0 aliphatic carbocycles. The van der Waals surface area contributed by atoms with Gasteiger partial charge in [-0.2, -0.15) is 5.10 Å². The number of hydrogen-bond donors (Lipinski definition) is 1. The van der Waals surface area contributed by atoms with Crippen molar-refractivity contribution in [3.05, 3.63) is 16.9 Å². The molecule has 0 fully saturated rings. The Hall–Kier alpha value is -0.540. The van der Waals surface area contributed by atoms with Gasteiger partial charge in [-0.3, -0.25) is 4.68 Å². The molecule has 13 heavy (non-hydrogen) atoms. The van der Waals surface area contributed by atoms with Gasteiger partial charge >= 0.3 is 0 Å². The zero-order valence-corrected chi connectivity index (χ0v) is 8.88. The summed E-state index contributed by atoms with van der Waals surface area (Å²) in [5.41, 5.74) is 6.52. The lowest BCUT2D eigenvalue weighted by atomic mass is 10.2. The summed E-state index contributed by atoms with van der Waals surface area (Å²) in [5, 5.41) is 5.02. The van der Waals surface area contributed by atoms with Crippen molar-refractivity contribution in [2.75, 3.05) is 6.54 Å². The van der Waals surface area contributed by atoms with E-state index in [0.29, 0.717) is 6.54 Å². The van der Waals surface area contributed by atoms with E-state index in [1.165, 1.54) is 0 Å². The molecule has 0 amide bonds. The summed E-state index contributed by atoms with van der Waals surface area (Å²) >= 11 is 5.91. The fourth-order valence-corrected chi connectivity index (χ4v) is 1.48. The molecule has 1 aromatic rings. The Morgan fingerprint density at radius 2 is 2.38 bits per heavy atom. The van der Waals surface area contributed by atoms with Gasteiger partial charge in [0.25, 0.3) is 0 Å². The normalized spacial score (nSPS) is 13.2. The summed E-state index contributed by atoms with van der Waals surface area (Å²) in [6, 6.07) is 0.288. The number of rotatable bonds is 4. The van der Waals surface area contributed by atoms with Crippen LogP contribution in [-0.4, -0.2) is 16.3 Å². The van der Waals surface area contributed by atoms with Gasteiger partial charge in [-0.25, -0.2) is 0 Å². The predicted molar refractivity (Wildman–Crippen MR) is 55.0 cm³/mol. The van der Waals surface area contributed by atoms with Crippen LogP contribution in [0.1, 0.15) is 31.5 Å². The molecular weight excluding hydrogens is 186 g/mol. The Morgan fingerprint density at radius 3 is 2.77 bits per heavy atom. The smallest absolute Gasteiger partial charge is 0.0815 e. The fourth-order valence-electron chi connectivity index (χ4n) is 1.34. The molecule has 1 unspecified atom stereocenters. The Labute approximate surface area is 83.9 Å². The van der Waals surface area contributed by atoms with E-state index in [4.69, 9.17) is 17.3 Å². The second kappa shape index (κ2) is 4.63. The van der Waals surface area contributed by atoms with Crippen molar-refractivity contribution in [2.45, 2.75) is 32.7 Å². The SMILES string of the molecule is CCCC(CN)n1cc(Cl)c(C)n1. The van der Waals surface area contributed by atoms with Crippen LogP contribution in [0.5, 0.6) is 0 Å². The van der Waals surface area contributed by atoms with Gasteiger partial charge in [-0.05, 0) is 13.3 Å². The maximum Gasteiger partial charge on any atom is 0.0815 e. The van der Waals surface area contributed by atoms with Crippen LogP contribution in [0.15, 0.2) is 6.20 Å². The standard InChI is InChI=1S/C9H16ClN3/c1-3-4-8(5-11)13-6-9(10)7(2)12-13/h6,8H,3-5,11H2,1-2H3. The predicted octanol–water partition coefficient (Wildman–Crippen LogP) is 2.14. The largest absolute Gasteiger partial charge is 0.328 e. The number of aryl methyl sites for hydroxylation is 1. The zero-order valence-electron chi connectivity index (χ0n) is 8.13. The highest BCUT2D eigenvalue weighted by Gasteiger charge is 2.10. The second-order valence-electron chi connectivity index (χ2n) is 3.22. The number of hydrogen-bond acceptors (Lipinski definition) is 2. The number of nitrogens with two attached hydrogens (primary N) is 1. The van der Waals surface area contributed by atoms with Gasteiger partial charge in [0, 0.05) is 12.7 Å². The highest BCUT2D eigenvalue weighted by molar-refractivity contribution is 6.31. The average molecular weight is 202 g/mol. The third kappa shape index (κ3) is 2.45. The molecule has 0 radical (unpaired) electrons. The maximum atomic E-state index is 5.91. The first kappa shape index (κ1) is 10.5. The van der Waals surface area contributed by atoms with E-state index in [2.05, 4.69) is 12.0 Å². The molecule has 0 aliphatic heterocycles. The summed E-state index contributed by atoms with van der Waals surface area (Å²) in [7, 11) is 0. The highest BCUT2D eigenvalue weighted by atomic mass is 35.5. The molecule has 0 aliphatic rings. The molecule has 2 N–H and O–H groups in total. The first-order valence-electron chi connectivity index (χ1n) is 4.60. The van der Waals surface area contributed by atoms with Crippen molar-refractivity contribution in [2.24, 2.45) is 5.73 Å². The van der Waals surface area contributed by atoms with Gasteiger partial charge in [0.05, 0.1) is 16.8 Å². The lowest BCUT2D eigenvalue weighted by Crippen LogP contribution is -2.19. The zero-order chi connectivity index (χ0) is 9.84. The summed E-state index contributed by atoms with van der Waals surface area (Å²) < 4.78 is 1.88. The Kier molecular flexibility index (Phi) is 3.75. The summed E-state index contributed by atoms with van der Waals surface area (Å²) in [6.45, 7) is 4.66. The van der Waals surface area contributed by atoms with Crippen molar-refractivity contribution in [3.63, 3.8) is 0 Å². The van der Waals surface area contributed by atoms with Gasteiger partial charge in [-0.1, -0.05) is 24.9 Å².